The summed E-state index contributed by atoms with van der Waals surface area (Å²) in [5.74, 6) is -0.112. The molecule has 18 heavy (non-hydrogen) atoms. The smallest absolute Gasteiger partial charge is 0.253 e. The van der Waals surface area contributed by atoms with Gasteiger partial charge in [-0.1, -0.05) is 0 Å². The number of H-pyrrole nitrogens is 1. The lowest BCUT2D eigenvalue weighted by atomic mass is 10.2. The van der Waals surface area contributed by atoms with Crippen molar-refractivity contribution in [2.45, 2.75) is 6.42 Å². The van der Waals surface area contributed by atoms with Gasteiger partial charge in [0.15, 0.2) is 0 Å². The Bertz CT molecular complexity index is 698. The van der Waals surface area contributed by atoms with Crippen LogP contribution in [-0.2, 0) is 6.42 Å². The van der Waals surface area contributed by atoms with Crippen molar-refractivity contribution in [2.75, 3.05) is 5.73 Å². The third kappa shape index (κ3) is 1.73. The second kappa shape index (κ2) is 3.99. The fraction of sp³-hybridized carbons (Fsp3) is 0.0833. The molecule has 0 atom stereocenters. The van der Waals surface area contributed by atoms with Crippen molar-refractivity contribution in [3.8, 4) is 0 Å². The highest BCUT2D eigenvalue weighted by Crippen LogP contribution is 2.17. The first-order valence-corrected chi connectivity index (χ1v) is 5.49. The number of carbonyl (C=O) groups is 1. The van der Waals surface area contributed by atoms with Crippen molar-refractivity contribution in [1.29, 1.82) is 0 Å². The van der Waals surface area contributed by atoms with Crippen LogP contribution >= 0.6 is 0 Å². The first-order chi connectivity index (χ1) is 8.74. The van der Waals surface area contributed by atoms with E-state index in [-0.39, 0.29) is 12.3 Å². The first kappa shape index (κ1) is 10.5. The number of nitrogens with zero attached hydrogens (tertiary/aromatic N) is 3. The van der Waals surface area contributed by atoms with Gasteiger partial charge in [0.05, 0.1) is 18.1 Å². The number of hydrogen-bond donors (Lipinski definition) is 2. The number of nitrogens with one attached hydrogen (secondary N) is 1. The molecule has 3 rings (SSSR count). The summed E-state index contributed by atoms with van der Waals surface area (Å²) in [6, 6.07) is 7.11. The molecule has 0 unspecified atom stereocenters. The van der Waals surface area contributed by atoms with Gasteiger partial charge in [0, 0.05) is 23.0 Å². The highest BCUT2D eigenvalue weighted by atomic mass is 16.2. The Labute approximate surface area is 102 Å². The van der Waals surface area contributed by atoms with E-state index in [4.69, 9.17) is 5.73 Å². The van der Waals surface area contributed by atoms with Crippen LogP contribution in [0.2, 0.25) is 0 Å². The summed E-state index contributed by atoms with van der Waals surface area (Å²) >= 11 is 0. The molecule has 0 spiro atoms. The number of nitrogen functional groups attached to an aromatic ring is 1. The summed E-state index contributed by atoms with van der Waals surface area (Å²) < 4.78 is 1.38. The molecule has 0 aliphatic rings. The largest absolute Gasteiger partial charge is 0.399 e. The molecule has 1 aromatic carbocycles. The molecule has 0 amide bonds. The molecule has 6 heteroatoms. The van der Waals surface area contributed by atoms with Gasteiger partial charge in [-0.25, -0.2) is 0 Å². The van der Waals surface area contributed by atoms with Crippen LogP contribution in [0.5, 0.6) is 0 Å². The molecular formula is C12H11N5O. The van der Waals surface area contributed by atoms with Crippen molar-refractivity contribution in [3.63, 3.8) is 0 Å². The fourth-order valence-corrected chi connectivity index (χ4v) is 1.87. The Morgan fingerprint density at radius 2 is 2.28 bits per heavy atom. The maximum Gasteiger partial charge on any atom is 0.253 e. The van der Waals surface area contributed by atoms with E-state index in [1.54, 1.807) is 36.7 Å². The Morgan fingerprint density at radius 1 is 1.39 bits per heavy atom. The van der Waals surface area contributed by atoms with E-state index in [2.05, 4.69) is 15.3 Å². The number of hydrogen-bond acceptors (Lipinski definition) is 4. The van der Waals surface area contributed by atoms with E-state index < -0.39 is 0 Å². The molecular weight excluding hydrogens is 230 g/mol. The third-order valence-corrected chi connectivity index (χ3v) is 2.73. The van der Waals surface area contributed by atoms with Crippen molar-refractivity contribution in [1.82, 2.24) is 20.0 Å². The summed E-state index contributed by atoms with van der Waals surface area (Å²) in [5, 5.41) is 11.5. The summed E-state index contributed by atoms with van der Waals surface area (Å²) in [4.78, 5) is 12.1. The predicted octanol–water partition coefficient (Wildman–Crippen LogP) is 1.22. The van der Waals surface area contributed by atoms with Gasteiger partial charge in [-0.15, -0.1) is 0 Å². The average Bonchev–Trinajstić information content (AvgIpc) is 2.97. The maximum atomic E-state index is 12.1. The lowest BCUT2D eigenvalue weighted by Crippen LogP contribution is -2.15. The number of benzene rings is 1. The number of aromatic nitrogens is 4. The van der Waals surface area contributed by atoms with Crippen LogP contribution in [0.25, 0.3) is 10.9 Å². The lowest BCUT2D eigenvalue weighted by Gasteiger charge is -2.01. The SMILES string of the molecule is Nc1ccc2c(cnn2C(=O)Cc2ccn[nH]2)c1. The molecule has 3 aromatic rings. The van der Waals surface area contributed by atoms with Crippen molar-refractivity contribution < 1.29 is 4.79 Å². The quantitative estimate of drug-likeness (QED) is 0.660. The molecule has 0 saturated heterocycles. The monoisotopic (exact) mass is 241 g/mol. The van der Waals surface area contributed by atoms with Gasteiger partial charge >= 0.3 is 0 Å². The molecule has 0 aliphatic carbocycles. The maximum absolute atomic E-state index is 12.1. The lowest BCUT2D eigenvalue weighted by molar-refractivity contribution is 0.0903. The zero-order valence-electron chi connectivity index (χ0n) is 9.50. The molecule has 0 radical (unpaired) electrons. The second-order valence-electron chi connectivity index (χ2n) is 4.03. The number of nitrogens with two attached hydrogens (primary N) is 1. The van der Waals surface area contributed by atoms with Crippen molar-refractivity contribution in [2.24, 2.45) is 0 Å². The Balaban J connectivity index is 1.97. The van der Waals surface area contributed by atoms with Gasteiger partial charge in [0.1, 0.15) is 0 Å². The van der Waals surface area contributed by atoms with Crippen molar-refractivity contribution in [3.05, 3.63) is 42.4 Å². The number of anilines is 1. The number of aromatic amines is 1. The number of fused-ring (bicyclic) bond motifs is 1. The van der Waals surface area contributed by atoms with E-state index >= 15 is 0 Å². The molecule has 0 aliphatic heterocycles. The number of rotatable bonds is 2. The van der Waals surface area contributed by atoms with E-state index in [1.807, 2.05) is 0 Å². The van der Waals surface area contributed by atoms with E-state index in [0.717, 1.165) is 16.6 Å². The molecule has 2 heterocycles. The van der Waals surface area contributed by atoms with E-state index in [1.165, 1.54) is 4.68 Å². The van der Waals surface area contributed by atoms with Crippen LogP contribution < -0.4 is 5.73 Å². The Kier molecular flexibility index (Phi) is 2.33. The molecule has 6 nitrogen and oxygen atoms in total. The average molecular weight is 241 g/mol. The Morgan fingerprint density at radius 3 is 3.06 bits per heavy atom. The molecule has 0 fully saturated rings. The first-order valence-electron chi connectivity index (χ1n) is 5.49. The zero-order valence-corrected chi connectivity index (χ0v) is 9.50. The topological polar surface area (TPSA) is 89.6 Å². The van der Waals surface area contributed by atoms with Crippen LogP contribution in [0.1, 0.15) is 10.5 Å². The van der Waals surface area contributed by atoms with Gasteiger partial charge in [0.25, 0.3) is 5.91 Å². The standard InChI is InChI=1S/C12H11N5O/c13-9-1-2-11-8(5-9)7-15-17(11)12(18)6-10-3-4-14-16-10/h1-5,7H,6,13H2,(H,14,16). The minimum Gasteiger partial charge on any atom is -0.399 e. The highest BCUT2D eigenvalue weighted by molar-refractivity contribution is 5.92. The van der Waals surface area contributed by atoms with Crippen LogP contribution in [-0.4, -0.2) is 25.9 Å². The van der Waals surface area contributed by atoms with E-state index in [0.29, 0.717) is 5.69 Å². The minimum atomic E-state index is -0.112. The zero-order chi connectivity index (χ0) is 12.5. The van der Waals surface area contributed by atoms with Gasteiger partial charge < -0.3 is 5.73 Å². The minimum absolute atomic E-state index is 0.112. The third-order valence-electron chi connectivity index (χ3n) is 2.73. The second-order valence-corrected chi connectivity index (χ2v) is 4.03. The Hall–Kier alpha value is -2.63. The van der Waals surface area contributed by atoms with Crippen LogP contribution in [0.4, 0.5) is 5.69 Å². The molecule has 2 aromatic heterocycles. The van der Waals surface area contributed by atoms with Crippen molar-refractivity contribution >= 4 is 22.5 Å². The summed E-state index contributed by atoms with van der Waals surface area (Å²) in [7, 11) is 0. The predicted molar refractivity (Wildman–Crippen MR) is 67.1 cm³/mol. The van der Waals surface area contributed by atoms with Gasteiger partial charge in [0.2, 0.25) is 0 Å². The van der Waals surface area contributed by atoms with E-state index in [9.17, 15) is 4.79 Å². The van der Waals surface area contributed by atoms with Crippen LogP contribution in [0.3, 0.4) is 0 Å². The van der Waals surface area contributed by atoms with Gasteiger partial charge in [-0.3, -0.25) is 9.89 Å². The summed E-state index contributed by atoms with van der Waals surface area (Å²) in [6.45, 7) is 0. The highest BCUT2D eigenvalue weighted by Gasteiger charge is 2.11. The molecule has 0 saturated carbocycles. The summed E-state index contributed by atoms with van der Waals surface area (Å²) in [5.41, 5.74) is 7.86. The summed E-state index contributed by atoms with van der Waals surface area (Å²) in [6.07, 6.45) is 3.49. The number of carbonyl (C=O) groups excluding carboxylic acids is 1. The molecule has 90 valence electrons. The fourth-order valence-electron chi connectivity index (χ4n) is 1.87. The normalized spacial score (nSPS) is 10.9. The molecule has 0 bridgehead atoms. The van der Waals surface area contributed by atoms with Gasteiger partial charge in [-0.05, 0) is 24.3 Å². The van der Waals surface area contributed by atoms with Crippen LogP contribution in [0.15, 0.2) is 36.7 Å². The van der Waals surface area contributed by atoms with Gasteiger partial charge in [-0.2, -0.15) is 14.9 Å². The van der Waals surface area contributed by atoms with Crippen LogP contribution in [0, 0.1) is 0 Å². The molecule has 3 N–H and O–H groups in total.